The molecule has 4 nitrogen and oxygen atoms in total. The van der Waals surface area contributed by atoms with Crippen molar-refractivity contribution in [3.05, 3.63) is 70.4 Å². The largest absolute Gasteiger partial charge is 0.294 e. The highest BCUT2D eigenvalue weighted by atomic mass is 32.2. The second-order valence-electron chi connectivity index (χ2n) is 5.48. The molecule has 1 aromatic carbocycles. The Morgan fingerprint density at radius 2 is 2.08 bits per heavy atom. The van der Waals surface area contributed by atoms with E-state index in [4.69, 9.17) is 0 Å². The summed E-state index contributed by atoms with van der Waals surface area (Å²) in [6.45, 7) is 4.15. The zero-order valence-corrected chi connectivity index (χ0v) is 15.3. The summed E-state index contributed by atoms with van der Waals surface area (Å²) in [7, 11) is 0. The standard InChI is InChI=1S/C19H18N2O2S2/c1-2-11-21-18(23)15-10-13-24-17(15)20-19(21)25-12-6-9-16(22)14-7-4-3-5-8-14/h2-5,7-8,10,13H,1,6,9,11-12H2. The quantitative estimate of drug-likeness (QED) is 0.194. The number of hydrogen-bond acceptors (Lipinski definition) is 5. The number of carbonyl (C=O) groups is 1. The third-order valence-corrected chi connectivity index (χ3v) is 5.60. The third kappa shape index (κ3) is 4.08. The molecule has 0 aliphatic heterocycles. The molecular weight excluding hydrogens is 352 g/mol. The molecule has 0 spiro atoms. The molecule has 6 heteroatoms. The number of carbonyl (C=O) groups excluding carboxylic acids is 1. The van der Waals surface area contributed by atoms with Crippen molar-refractivity contribution in [1.29, 1.82) is 0 Å². The van der Waals surface area contributed by atoms with Crippen LogP contribution >= 0.6 is 23.1 Å². The van der Waals surface area contributed by atoms with Gasteiger partial charge in [-0.25, -0.2) is 4.98 Å². The topological polar surface area (TPSA) is 52.0 Å². The predicted octanol–water partition coefficient (Wildman–Crippen LogP) is 4.40. The van der Waals surface area contributed by atoms with E-state index in [0.717, 1.165) is 22.6 Å². The number of ketones is 1. The van der Waals surface area contributed by atoms with Crippen molar-refractivity contribution in [2.24, 2.45) is 0 Å². The van der Waals surface area contributed by atoms with Gasteiger partial charge in [-0.05, 0) is 17.9 Å². The van der Waals surface area contributed by atoms with E-state index in [1.54, 1.807) is 10.6 Å². The van der Waals surface area contributed by atoms with Gasteiger partial charge >= 0.3 is 0 Å². The van der Waals surface area contributed by atoms with Crippen LogP contribution in [0.5, 0.6) is 0 Å². The van der Waals surface area contributed by atoms with Gasteiger partial charge in [0.25, 0.3) is 5.56 Å². The van der Waals surface area contributed by atoms with E-state index in [1.165, 1.54) is 23.1 Å². The summed E-state index contributed by atoms with van der Waals surface area (Å²) in [5, 5.41) is 3.21. The highest BCUT2D eigenvalue weighted by Crippen LogP contribution is 2.22. The van der Waals surface area contributed by atoms with Crippen LogP contribution in [0.25, 0.3) is 10.2 Å². The molecule has 0 saturated heterocycles. The highest BCUT2D eigenvalue weighted by Gasteiger charge is 2.12. The van der Waals surface area contributed by atoms with Gasteiger partial charge < -0.3 is 0 Å². The Hall–Kier alpha value is -2.18. The van der Waals surface area contributed by atoms with Gasteiger partial charge in [-0.3, -0.25) is 14.2 Å². The van der Waals surface area contributed by atoms with Crippen LogP contribution in [0.1, 0.15) is 23.2 Å². The fraction of sp³-hybridized carbons (Fsp3) is 0.211. The maximum Gasteiger partial charge on any atom is 0.263 e. The number of nitrogens with zero attached hydrogens (tertiary/aromatic N) is 2. The molecule has 0 unspecified atom stereocenters. The lowest BCUT2D eigenvalue weighted by atomic mass is 10.1. The summed E-state index contributed by atoms with van der Waals surface area (Å²) in [5.41, 5.74) is 0.711. The lowest BCUT2D eigenvalue weighted by Gasteiger charge is -2.09. The van der Waals surface area contributed by atoms with Gasteiger partial charge in [-0.15, -0.1) is 17.9 Å². The van der Waals surface area contributed by atoms with E-state index < -0.39 is 0 Å². The molecule has 0 radical (unpaired) electrons. The molecule has 3 aromatic rings. The van der Waals surface area contributed by atoms with E-state index in [-0.39, 0.29) is 11.3 Å². The second-order valence-corrected chi connectivity index (χ2v) is 7.44. The van der Waals surface area contributed by atoms with Crippen LogP contribution < -0.4 is 5.56 Å². The predicted molar refractivity (Wildman–Crippen MR) is 105 cm³/mol. The average molecular weight is 370 g/mol. The number of Topliss-reactive ketones (excluding diaryl/α,β-unsaturated/α-hetero) is 1. The van der Waals surface area contributed by atoms with Crippen LogP contribution in [0.2, 0.25) is 0 Å². The van der Waals surface area contributed by atoms with E-state index in [1.807, 2.05) is 41.8 Å². The van der Waals surface area contributed by atoms with Gasteiger partial charge in [0.2, 0.25) is 0 Å². The monoisotopic (exact) mass is 370 g/mol. The summed E-state index contributed by atoms with van der Waals surface area (Å²) in [4.78, 5) is 30.0. The molecule has 2 heterocycles. The third-order valence-electron chi connectivity index (χ3n) is 3.74. The number of benzene rings is 1. The van der Waals surface area contributed by atoms with Crippen molar-refractivity contribution in [3.8, 4) is 0 Å². The Labute approximate surface area is 154 Å². The minimum Gasteiger partial charge on any atom is -0.294 e. The minimum absolute atomic E-state index is 0.0333. The number of fused-ring (bicyclic) bond motifs is 1. The number of rotatable bonds is 8. The number of thioether (sulfide) groups is 1. The molecular formula is C19H18N2O2S2. The fourth-order valence-corrected chi connectivity index (χ4v) is 4.25. The zero-order chi connectivity index (χ0) is 17.6. The van der Waals surface area contributed by atoms with E-state index >= 15 is 0 Å². The molecule has 0 amide bonds. The number of hydrogen-bond donors (Lipinski definition) is 0. The van der Waals surface area contributed by atoms with Crippen molar-refractivity contribution < 1.29 is 4.79 Å². The first-order valence-corrected chi connectivity index (χ1v) is 9.87. The Bertz CT molecular complexity index is 945. The molecule has 0 aliphatic carbocycles. The molecule has 0 atom stereocenters. The van der Waals surface area contributed by atoms with Gasteiger partial charge in [0.05, 0.1) is 5.39 Å². The summed E-state index contributed by atoms with van der Waals surface area (Å²) < 4.78 is 1.64. The first-order chi connectivity index (χ1) is 12.2. The van der Waals surface area contributed by atoms with Crippen LogP contribution in [-0.2, 0) is 6.54 Å². The molecule has 3 rings (SSSR count). The summed E-state index contributed by atoms with van der Waals surface area (Å²) in [5.74, 6) is 0.880. The number of aromatic nitrogens is 2. The Kier molecular flexibility index (Phi) is 5.83. The molecule has 2 aromatic heterocycles. The van der Waals surface area contributed by atoms with Crippen LogP contribution in [0.3, 0.4) is 0 Å². The van der Waals surface area contributed by atoms with Crippen molar-refractivity contribution in [2.45, 2.75) is 24.5 Å². The summed E-state index contributed by atoms with van der Waals surface area (Å²) in [6, 6.07) is 11.1. The smallest absolute Gasteiger partial charge is 0.263 e. The first-order valence-electron chi connectivity index (χ1n) is 8.00. The Morgan fingerprint density at radius 3 is 2.84 bits per heavy atom. The van der Waals surface area contributed by atoms with Gasteiger partial charge in [-0.1, -0.05) is 48.2 Å². The lowest BCUT2D eigenvalue weighted by molar-refractivity contribution is 0.0982. The van der Waals surface area contributed by atoms with Crippen LogP contribution in [0.4, 0.5) is 0 Å². The molecule has 0 saturated carbocycles. The van der Waals surface area contributed by atoms with E-state index in [9.17, 15) is 9.59 Å². The van der Waals surface area contributed by atoms with Crippen molar-refractivity contribution in [1.82, 2.24) is 9.55 Å². The van der Waals surface area contributed by atoms with Gasteiger partial charge in [-0.2, -0.15) is 0 Å². The molecule has 0 fully saturated rings. The summed E-state index contributed by atoms with van der Waals surface area (Å²) in [6.07, 6.45) is 2.93. The average Bonchev–Trinajstić information content (AvgIpc) is 3.11. The van der Waals surface area contributed by atoms with Gasteiger partial charge in [0, 0.05) is 24.3 Å². The molecule has 0 N–H and O–H groups in total. The molecule has 0 aliphatic rings. The zero-order valence-electron chi connectivity index (χ0n) is 13.7. The normalized spacial score (nSPS) is 10.9. The van der Waals surface area contributed by atoms with Gasteiger partial charge in [0.1, 0.15) is 4.83 Å². The van der Waals surface area contributed by atoms with Crippen LogP contribution in [-0.4, -0.2) is 21.1 Å². The van der Waals surface area contributed by atoms with E-state index in [0.29, 0.717) is 23.5 Å². The lowest BCUT2D eigenvalue weighted by Crippen LogP contribution is -2.22. The van der Waals surface area contributed by atoms with Crippen molar-refractivity contribution in [2.75, 3.05) is 5.75 Å². The van der Waals surface area contributed by atoms with Crippen LogP contribution in [0, 0.1) is 0 Å². The fourth-order valence-electron chi connectivity index (χ4n) is 2.49. The minimum atomic E-state index is -0.0333. The highest BCUT2D eigenvalue weighted by molar-refractivity contribution is 7.99. The maximum atomic E-state index is 12.5. The number of thiophene rings is 1. The second kappa shape index (κ2) is 8.27. The van der Waals surface area contributed by atoms with Gasteiger partial charge in [0.15, 0.2) is 10.9 Å². The molecule has 128 valence electrons. The Morgan fingerprint density at radius 1 is 1.28 bits per heavy atom. The summed E-state index contributed by atoms with van der Waals surface area (Å²) >= 11 is 2.98. The SMILES string of the molecule is C=CCn1c(SCCCC(=O)c2ccccc2)nc2sccc2c1=O. The Balaban J connectivity index is 1.66. The van der Waals surface area contributed by atoms with Crippen LogP contribution in [0.15, 0.2) is 64.4 Å². The molecule has 25 heavy (non-hydrogen) atoms. The molecule has 0 bridgehead atoms. The first kappa shape index (κ1) is 17.6. The maximum absolute atomic E-state index is 12.5. The van der Waals surface area contributed by atoms with Crippen molar-refractivity contribution >= 4 is 39.1 Å². The van der Waals surface area contributed by atoms with Crippen molar-refractivity contribution in [3.63, 3.8) is 0 Å². The number of allylic oxidation sites excluding steroid dienone is 1. The van der Waals surface area contributed by atoms with E-state index in [2.05, 4.69) is 11.6 Å².